The molecule has 0 spiro atoms. The summed E-state index contributed by atoms with van der Waals surface area (Å²) < 4.78 is 3.81. The molecule has 9 nitrogen and oxygen atoms in total. The number of nitrogens with one attached hydrogen (secondary N) is 1. The van der Waals surface area contributed by atoms with Crippen molar-refractivity contribution in [2.45, 2.75) is 44.7 Å². The van der Waals surface area contributed by atoms with Crippen molar-refractivity contribution in [3.8, 4) is 11.3 Å². The molecule has 9 heteroatoms. The maximum absolute atomic E-state index is 4.58. The summed E-state index contributed by atoms with van der Waals surface area (Å²) in [5.74, 6) is 0. The summed E-state index contributed by atoms with van der Waals surface area (Å²) >= 11 is 0. The first-order valence-corrected chi connectivity index (χ1v) is 9.51. The van der Waals surface area contributed by atoms with Crippen molar-refractivity contribution in [1.82, 2.24) is 39.6 Å². The molecule has 28 heavy (non-hydrogen) atoms. The molecule has 0 aliphatic heterocycles. The van der Waals surface area contributed by atoms with Crippen molar-refractivity contribution in [1.29, 1.82) is 0 Å². The van der Waals surface area contributed by atoms with E-state index in [2.05, 4.69) is 46.6 Å². The van der Waals surface area contributed by atoms with Crippen LogP contribution in [0.2, 0.25) is 0 Å². The van der Waals surface area contributed by atoms with E-state index in [-0.39, 0.29) is 0 Å². The lowest BCUT2D eigenvalue weighted by Gasteiger charge is -2.30. The van der Waals surface area contributed by atoms with Gasteiger partial charge in [0.15, 0.2) is 0 Å². The van der Waals surface area contributed by atoms with Crippen LogP contribution in [0.4, 0.5) is 5.69 Å². The molecule has 1 fully saturated rings. The number of aromatic nitrogens is 8. The average molecular weight is 375 g/mol. The number of rotatable bonds is 4. The number of aryl methyl sites for hydroxylation is 1. The molecule has 0 radical (unpaired) electrons. The van der Waals surface area contributed by atoms with Crippen molar-refractivity contribution in [2.24, 2.45) is 0 Å². The smallest absolute Gasteiger partial charge is 0.200 e. The first-order chi connectivity index (χ1) is 13.8. The van der Waals surface area contributed by atoms with E-state index >= 15 is 0 Å². The first kappa shape index (κ1) is 16.8. The number of nitrogens with zero attached hydrogens (tertiary/aromatic N) is 8. The number of fused-ring (bicyclic) bond motifs is 1. The predicted molar refractivity (Wildman–Crippen MR) is 104 cm³/mol. The molecular weight excluding hydrogens is 354 g/mol. The average Bonchev–Trinajstić information content (AvgIpc) is 3.39. The van der Waals surface area contributed by atoms with Crippen LogP contribution in [0.15, 0.2) is 43.4 Å². The molecule has 4 heterocycles. The zero-order valence-corrected chi connectivity index (χ0v) is 15.6. The van der Waals surface area contributed by atoms with Gasteiger partial charge in [0.05, 0.1) is 29.3 Å². The van der Waals surface area contributed by atoms with E-state index in [1.807, 2.05) is 25.3 Å². The van der Waals surface area contributed by atoms with Gasteiger partial charge in [0.1, 0.15) is 12.7 Å². The summed E-state index contributed by atoms with van der Waals surface area (Å²) in [7, 11) is 0. The lowest BCUT2D eigenvalue weighted by molar-refractivity contribution is 0.313. The minimum absolute atomic E-state index is 0.412. The van der Waals surface area contributed by atoms with E-state index in [1.54, 1.807) is 23.4 Å². The zero-order chi connectivity index (χ0) is 18.9. The number of hydrogen-bond donors (Lipinski definition) is 1. The molecule has 4 aromatic heterocycles. The molecule has 0 unspecified atom stereocenters. The highest BCUT2D eigenvalue weighted by molar-refractivity contribution is 5.67. The Bertz CT molecular complexity index is 1080. The Labute approximate surface area is 161 Å². The highest BCUT2D eigenvalue weighted by Crippen LogP contribution is 2.31. The van der Waals surface area contributed by atoms with E-state index in [0.717, 1.165) is 54.0 Å². The Morgan fingerprint density at radius 3 is 2.89 bits per heavy atom. The third-order valence-corrected chi connectivity index (χ3v) is 5.30. The van der Waals surface area contributed by atoms with Gasteiger partial charge in [-0.15, -0.1) is 10.2 Å². The highest BCUT2D eigenvalue weighted by Gasteiger charge is 2.24. The van der Waals surface area contributed by atoms with Gasteiger partial charge in [-0.25, -0.2) is 9.97 Å². The quantitative estimate of drug-likeness (QED) is 0.585. The molecule has 1 N–H and O–H groups in total. The van der Waals surface area contributed by atoms with Crippen molar-refractivity contribution in [2.75, 3.05) is 5.32 Å². The SMILES string of the molecule is Cc1cc(NC2CCC(n3cc(-c4ccncn4)cn3)CC2)c2nncn2n1. The van der Waals surface area contributed by atoms with Crippen LogP contribution in [0.25, 0.3) is 16.9 Å². The summed E-state index contributed by atoms with van der Waals surface area (Å²) in [6.07, 6.45) is 13.2. The minimum atomic E-state index is 0.412. The van der Waals surface area contributed by atoms with Crippen LogP contribution in [0.5, 0.6) is 0 Å². The second-order valence-electron chi connectivity index (χ2n) is 7.25. The molecule has 0 aromatic carbocycles. The summed E-state index contributed by atoms with van der Waals surface area (Å²) in [5, 5.41) is 20.8. The van der Waals surface area contributed by atoms with Crippen LogP contribution in [-0.4, -0.2) is 45.6 Å². The third kappa shape index (κ3) is 3.19. The van der Waals surface area contributed by atoms with E-state index in [0.29, 0.717) is 12.1 Å². The molecule has 5 rings (SSSR count). The van der Waals surface area contributed by atoms with Gasteiger partial charge in [-0.3, -0.25) is 4.68 Å². The Morgan fingerprint density at radius 2 is 2.07 bits per heavy atom. The van der Waals surface area contributed by atoms with Crippen LogP contribution in [0.1, 0.15) is 37.4 Å². The normalized spacial score (nSPS) is 19.8. The van der Waals surface area contributed by atoms with Gasteiger partial charge in [-0.2, -0.15) is 14.7 Å². The van der Waals surface area contributed by atoms with Gasteiger partial charge in [0.25, 0.3) is 0 Å². The Kier molecular flexibility index (Phi) is 4.19. The molecule has 1 saturated carbocycles. The van der Waals surface area contributed by atoms with Gasteiger partial charge >= 0.3 is 0 Å². The second kappa shape index (κ2) is 6.99. The maximum atomic E-state index is 4.58. The van der Waals surface area contributed by atoms with Gasteiger partial charge < -0.3 is 5.32 Å². The molecule has 0 atom stereocenters. The van der Waals surface area contributed by atoms with Gasteiger partial charge in [-0.05, 0) is 44.7 Å². The van der Waals surface area contributed by atoms with Crippen LogP contribution < -0.4 is 5.32 Å². The van der Waals surface area contributed by atoms with Crippen molar-refractivity contribution < 1.29 is 0 Å². The summed E-state index contributed by atoms with van der Waals surface area (Å²) in [5.41, 5.74) is 4.65. The van der Waals surface area contributed by atoms with Crippen molar-refractivity contribution in [3.05, 3.63) is 49.1 Å². The van der Waals surface area contributed by atoms with E-state index in [4.69, 9.17) is 0 Å². The van der Waals surface area contributed by atoms with Crippen LogP contribution in [0.3, 0.4) is 0 Å². The molecule has 0 saturated heterocycles. The Morgan fingerprint density at radius 1 is 1.18 bits per heavy atom. The molecule has 4 aromatic rings. The Balaban J connectivity index is 1.25. The number of anilines is 1. The van der Waals surface area contributed by atoms with E-state index in [9.17, 15) is 0 Å². The van der Waals surface area contributed by atoms with Crippen molar-refractivity contribution >= 4 is 11.3 Å². The standard InChI is InChI=1S/C19H21N9/c1-13-8-18(19-25-22-12-28(19)26-13)24-15-2-4-16(5-3-15)27-10-14(9-23-27)17-6-7-20-11-21-17/h6-12,15-16,24H,2-5H2,1H3. The third-order valence-electron chi connectivity index (χ3n) is 5.30. The molecule has 142 valence electrons. The summed E-state index contributed by atoms with van der Waals surface area (Å²) in [6, 6.07) is 4.78. The topological polar surface area (TPSA) is 98.7 Å². The largest absolute Gasteiger partial charge is 0.379 e. The lowest BCUT2D eigenvalue weighted by Crippen LogP contribution is -2.28. The molecular formula is C19H21N9. The molecule has 1 aliphatic carbocycles. The minimum Gasteiger partial charge on any atom is -0.379 e. The van der Waals surface area contributed by atoms with Gasteiger partial charge in [-0.1, -0.05) is 0 Å². The predicted octanol–water partition coefficient (Wildman–Crippen LogP) is 2.68. The van der Waals surface area contributed by atoms with Gasteiger partial charge in [0.2, 0.25) is 5.65 Å². The molecule has 0 bridgehead atoms. The van der Waals surface area contributed by atoms with Crippen LogP contribution in [-0.2, 0) is 0 Å². The first-order valence-electron chi connectivity index (χ1n) is 9.51. The summed E-state index contributed by atoms with van der Waals surface area (Å²) in [6.45, 7) is 1.98. The number of hydrogen-bond acceptors (Lipinski definition) is 7. The molecule has 1 aliphatic rings. The van der Waals surface area contributed by atoms with E-state index < -0.39 is 0 Å². The van der Waals surface area contributed by atoms with Gasteiger partial charge in [0, 0.05) is 24.0 Å². The lowest BCUT2D eigenvalue weighted by atomic mass is 9.91. The summed E-state index contributed by atoms with van der Waals surface area (Å²) in [4.78, 5) is 8.27. The molecule has 0 amide bonds. The maximum Gasteiger partial charge on any atom is 0.200 e. The van der Waals surface area contributed by atoms with Crippen molar-refractivity contribution in [3.63, 3.8) is 0 Å². The fourth-order valence-corrected chi connectivity index (χ4v) is 3.89. The zero-order valence-electron chi connectivity index (χ0n) is 15.6. The van der Waals surface area contributed by atoms with Crippen LogP contribution >= 0.6 is 0 Å². The fraction of sp³-hybridized carbons (Fsp3) is 0.368. The van der Waals surface area contributed by atoms with E-state index in [1.165, 1.54) is 0 Å². The Hall–Kier alpha value is -3.36. The highest BCUT2D eigenvalue weighted by atomic mass is 15.3. The fourth-order valence-electron chi connectivity index (χ4n) is 3.89. The monoisotopic (exact) mass is 375 g/mol. The second-order valence-corrected chi connectivity index (χ2v) is 7.25. The van der Waals surface area contributed by atoms with Crippen LogP contribution in [0, 0.1) is 6.92 Å².